The van der Waals surface area contributed by atoms with Crippen LogP contribution in [0.1, 0.15) is 9.88 Å². The molecule has 0 radical (unpaired) electrons. The fourth-order valence-electron chi connectivity index (χ4n) is 2.00. The molecule has 1 aromatic heterocycles. The Kier molecular flexibility index (Phi) is 4.09. The van der Waals surface area contributed by atoms with Gasteiger partial charge in [0.1, 0.15) is 0 Å². The van der Waals surface area contributed by atoms with Crippen LogP contribution in [0.15, 0.2) is 6.20 Å². The molecule has 0 bridgehead atoms. The zero-order chi connectivity index (χ0) is 12.3. The maximum Gasteiger partial charge on any atom is 0.317 e. The number of carbonyl (C=O) groups is 1. The Morgan fingerprint density at radius 2 is 2.06 bits per heavy atom. The zero-order valence-electron chi connectivity index (χ0n) is 9.93. The molecule has 1 aromatic rings. The molecule has 17 heavy (non-hydrogen) atoms. The van der Waals surface area contributed by atoms with E-state index in [1.54, 1.807) is 11.3 Å². The molecular weight excluding hydrogens is 238 g/mol. The second kappa shape index (κ2) is 5.57. The summed E-state index contributed by atoms with van der Waals surface area (Å²) in [5, 5.41) is 9.81. The minimum absolute atomic E-state index is 0.160. The molecule has 0 unspecified atom stereocenters. The third kappa shape index (κ3) is 3.76. The van der Waals surface area contributed by atoms with Gasteiger partial charge >= 0.3 is 5.97 Å². The Bertz CT molecular complexity index is 386. The number of nitrogens with zero attached hydrogens (tertiary/aromatic N) is 3. The lowest BCUT2D eigenvalue weighted by Gasteiger charge is -2.33. The molecule has 1 N–H and O–H groups in total. The third-order valence-electron chi connectivity index (χ3n) is 2.87. The van der Waals surface area contributed by atoms with Gasteiger partial charge in [-0.05, 0) is 6.92 Å². The summed E-state index contributed by atoms with van der Waals surface area (Å²) in [5.74, 6) is -0.739. The van der Waals surface area contributed by atoms with Crippen molar-refractivity contribution in [3.05, 3.63) is 16.1 Å². The molecule has 0 aliphatic carbocycles. The molecule has 0 saturated carbocycles. The van der Waals surface area contributed by atoms with Gasteiger partial charge in [-0.15, -0.1) is 11.3 Å². The van der Waals surface area contributed by atoms with Gasteiger partial charge in [-0.3, -0.25) is 14.6 Å². The number of carboxylic acid groups (broad SMARTS) is 1. The summed E-state index contributed by atoms with van der Waals surface area (Å²) in [4.78, 5) is 20.4. The number of aliphatic carboxylic acids is 1. The van der Waals surface area contributed by atoms with Gasteiger partial charge < -0.3 is 5.11 Å². The first-order valence-corrected chi connectivity index (χ1v) is 6.53. The SMILES string of the molecule is Cc1ncc(CN2CCN(CC(=O)O)CC2)s1. The molecule has 0 spiro atoms. The number of thiazole rings is 1. The van der Waals surface area contributed by atoms with Crippen molar-refractivity contribution < 1.29 is 9.90 Å². The molecule has 2 heterocycles. The van der Waals surface area contributed by atoms with Gasteiger partial charge in [-0.25, -0.2) is 4.98 Å². The number of aryl methyl sites for hydroxylation is 1. The summed E-state index contributed by atoms with van der Waals surface area (Å²) in [6.45, 7) is 6.65. The van der Waals surface area contributed by atoms with Gasteiger partial charge in [0.05, 0.1) is 11.6 Å². The van der Waals surface area contributed by atoms with E-state index >= 15 is 0 Å². The average molecular weight is 255 g/mol. The van der Waals surface area contributed by atoms with E-state index in [1.165, 1.54) is 4.88 Å². The second-order valence-electron chi connectivity index (χ2n) is 4.29. The van der Waals surface area contributed by atoms with Gasteiger partial charge in [-0.1, -0.05) is 0 Å². The van der Waals surface area contributed by atoms with Crippen molar-refractivity contribution >= 4 is 17.3 Å². The lowest BCUT2D eigenvalue weighted by atomic mass is 10.3. The Balaban J connectivity index is 1.77. The third-order valence-corrected chi connectivity index (χ3v) is 3.77. The highest BCUT2D eigenvalue weighted by Crippen LogP contribution is 2.15. The van der Waals surface area contributed by atoms with Crippen LogP contribution < -0.4 is 0 Å². The smallest absolute Gasteiger partial charge is 0.317 e. The van der Waals surface area contributed by atoms with E-state index in [9.17, 15) is 4.79 Å². The van der Waals surface area contributed by atoms with Crippen molar-refractivity contribution in [3.8, 4) is 0 Å². The minimum atomic E-state index is -0.739. The highest BCUT2D eigenvalue weighted by Gasteiger charge is 2.18. The van der Waals surface area contributed by atoms with Crippen molar-refractivity contribution in [2.24, 2.45) is 0 Å². The van der Waals surface area contributed by atoms with Gasteiger partial charge in [0.25, 0.3) is 0 Å². The zero-order valence-corrected chi connectivity index (χ0v) is 10.7. The van der Waals surface area contributed by atoms with Crippen LogP contribution in [0.4, 0.5) is 0 Å². The highest BCUT2D eigenvalue weighted by molar-refractivity contribution is 7.11. The van der Waals surface area contributed by atoms with Crippen LogP contribution in [0.5, 0.6) is 0 Å². The number of rotatable bonds is 4. The Morgan fingerprint density at radius 1 is 1.41 bits per heavy atom. The molecule has 1 saturated heterocycles. The van der Waals surface area contributed by atoms with E-state index in [4.69, 9.17) is 5.11 Å². The standard InChI is InChI=1S/C11H17N3O2S/c1-9-12-6-10(17-9)7-13-2-4-14(5-3-13)8-11(15)16/h6H,2-5,7-8H2,1H3,(H,15,16). The van der Waals surface area contributed by atoms with Gasteiger partial charge in [-0.2, -0.15) is 0 Å². The highest BCUT2D eigenvalue weighted by atomic mass is 32.1. The second-order valence-corrected chi connectivity index (χ2v) is 5.61. The van der Waals surface area contributed by atoms with Crippen molar-refractivity contribution in [2.45, 2.75) is 13.5 Å². The lowest BCUT2D eigenvalue weighted by molar-refractivity contribution is -0.138. The van der Waals surface area contributed by atoms with Crippen LogP contribution >= 0.6 is 11.3 Å². The lowest BCUT2D eigenvalue weighted by Crippen LogP contribution is -2.47. The van der Waals surface area contributed by atoms with Crippen LogP contribution in [0.2, 0.25) is 0 Å². The first kappa shape index (κ1) is 12.5. The van der Waals surface area contributed by atoms with Crippen LogP contribution in [0.25, 0.3) is 0 Å². The number of hydrogen-bond acceptors (Lipinski definition) is 5. The van der Waals surface area contributed by atoms with Gasteiger partial charge in [0.15, 0.2) is 0 Å². The van der Waals surface area contributed by atoms with Crippen LogP contribution in [0.3, 0.4) is 0 Å². The summed E-state index contributed by atoms with van der Waals surface area (Å²) < 4.78 is 0. The Labute approximate surface area is 105 Å². The molecule has 0 atom stereocenters. The molecule has 5 nitrogen and oxygen atoms in total. The molecule has 1 aliphatic rings. The first-order valence-electron chi connectivity index (χ1n) is 5.71. The summed E-state index contributed by atoms with van der Waals surface area (Å²) >= 11 is 1.73. The monoisotopic (exact) mass is 255 g/mol. The topological polar surface area (TPSA) is 56.7 Å². The molecular formula is C11H17N3O2S. The van der Waals surface area contributed by atoms with E-state index < -0.39 is 5.97 Å². The number of carboxylic acids is 1. The van der Waals surface area contributed by atoms with Gasteiger partial charge in [0.2, 0.25) is 0 Å². The first-order chi connectivity index (χ1) is 8.13. The van der Waals surface area contributed by atoms with Crippen LogP contribution in [-0.2, 0) is 11.3 Å². The molecule has 1 aliphatic heterocycles. The predicted octanol–water partition coefficient (Wildman–Crippen LogP) is 0.654. The Hall–Kier alpha value is -0.980. The van der Waals surface area contributed by atoms with E-state index in [1.807, 2.05) is 18.0 Å². The molecule has 94 valence electrons. The maximum atomic E-state index is 10.6. The summed E-state index contributed by atoms with van der Waals surface area (Å²) in [5.41, 5.74) is 0. The fraction of sp³-hybridized carbons (Fsp3) is 0.636. The number of piperazine rings is 1. The van der Waals surface area contributed by atoms with E-state index in [0.717, 1.165) is 37.7 Å². The van der Waals surface area contributed by atoms with Crippen molar-refractivity contribution in [1.82, 2.24) is 14.8 Å². The Morgan fingerprint density at radius 3 is 2.59 bits per heavy atom. The van der Waals surface area contributed by atoms with Crippen molar-refractivity contribution in [3.63, 3.8) is 0 Å². The fourth-order valence-corrected chi connectivity index (χ4v) is 2.83. The van der Waals surface area contributed by atoms with E-state index in [0.29, 0.717) is 0 Å². The molecule has 0 aromatic carbocycles. The predicted molar refractivity (Wildman–Crippen MR) is 66.2 cm³/mol. The minimum Gasteiger partial charge on any atom is -0.480 e. The summed E-state index contributed by atoms with van der Waals surface area (Å²) in [6, 6.07) is 0. The normalized spacial score (nSPS) is 18.4. The quantitative estimate of drug-likeness (QED) is 0.856. The van der Waals surface area contributed by atoms with E-state index in [2.05, 4.69) is 9.88 Å². The largest absolute Gasteiger partial charge is 0.480 e. The average Bonchev–Trinajstić information content (AvgIpc) is 2.66. The maximum absolute atomic E-state index is 10.6. The van der Waals surface area contributed by atoms with Crippen LogP contribution in [-0.4, -0.2) is 58.6 Å². The van der Waals surface area contributed by atoms with Crippen LogP contribution in [0, 0.1) is 6.92 Å². The number of aromatic nitrogens is 1. The molecule has 6 heteroatoms. The summed E-state index contributed by atoms with van der Waals surface area (Å²) in [7, 11) is 0. The molecule has 2 rings (SSSR count). The molecule has 0 amide bonds. The van der Waals surface area contributed by atoms with Crippen molar-refractivity contribution in [1.29, 1.82) is 0 Å². The number of hydrogen-bond donors (Lipinski definition) is 1. The summed E-state index contributed by atoms with van der Waals surface area (Å²) in [6.07, 6.45) is 1.93. The van der Waals surface area contributed by atoms with E-state index in [-0.39, 0.29) is 6.54 Å². The van der Waals surface area contributed by atoms with Crippen molar-refractivity contribution in [2.75, 3.05) is 32.7 Å². The van der Waals surface area contributed by atoms with Gasteiger partial charge in [0, 0.05) is 43.8 Å². The molecule has 1 fully saturated rings.